The number of ether oxygens (including phenoxy) is 1. The number of nitrogens with zero attached hydrogens (tertiary/aromatic N) is 3. The molecule has 1 rings (SSSR count). The fraction of sp³-hybridized carbons (Fsp3) is 0.500. The van der Waals surface area contributed by atoms with Gasteiger partial charge in [0.1, 0.15) is 11.4 Å². The Kier molecular flexibility index (Phi) is 5.78. The Bertz CT molecular complexity index is 510. The number of nitriles is 1. The number of rotatable bonds is 6. The number of anilines is 2. The predicted molar refractivity (Wildman–Crippen MR) is 77.3 cm³/mol. The highest BCUT2D eigenvalue weighted by Crippen LogP contribution is 2.22. The third-order valence-electron chi connectivity index (χ3n) is 2.78. The monoisotopic (exact) mass is 276 g/mol. The Morgan fingerprint density at radius 2 is 2.30 bits per heavy atom. The van der Waals surface area contributed by atoms with E-state index in [0.717, 1.165) is 0 Å². The van der Waals surface area contributed by atoms with E-state index in [2.05, 4.69) is 11.1 Å². The van der Waals surface area contributed by atoms with Crippen molar-refractivity contribution < 1.29 is 9.53 Å². The van der Waals surface area contributed by atoms with E-state index in [-0.39, 0.29) is 12.5 Å². The summed E-state index contributed by atoms with van der Waals surface area (Å²) in [5.41, 5.74) is 6.43. The Balaban J connectivity index is 3.14. The van der Waals surface area contributed by atoms with Crippen LogP contribution in [0, 0.1) is 17.2 Å². The van der Waals surface area contributed by atoms with Crippen LogP contribution in [0.2, 0.25) is 0 Å². The predicted octanol–water partition coefficient (Wildman–Crippen LogP) is 1.83. The molecule has 1 unspecified atom stereocenters. The quantitative estimate of drug-likeness (QED) is 0.797. The molecule has 0 fully saturated rings. The Morgan fingerprint density at radius 1 is 1.60 bits per heavy atom. The fourth-order valence-electron chi connectivity index (χ4n) is 1.82. The third kappa shape index (κ3) is 3.85. The van der Waals surface area contributed by atoms with Gasteiger partial charge in [-0.1, -0.05) is 0 Å². The van der Waals surface area contributed by atoms with Gasteiger partial charge in [-0.25, -0.2) is 9.78 Å². The molecular formula is C14H20N4O2. The summed E-state index contributed by atoms with van der Waals surface area (Å²) in [5, 5.41) is 8.92. The number of nitrogens with two attached hydrogens (primary N) is 1. The van der Waals surface area contributed by atoms with Gasteiger partial charge in [-0.3, -0.25) is 0 Å². The highest BCUT2D eigenvalue weighted by Gasteiger charge is 2.20. The summed E-state index contributed by atoms with van der Waals surface area (Å²) < 4.78 is 5.02. The van der Waals surface area contributed by atoms with E-state index >= 15 is 0 Å². The summed E-state index contributed by atoms with van der Waals surface area (Å²) in [6.45, 7) is 6.92. The van der Waals surface area contributed by atoms with Crippen molar-refractivity contribution in [2.24, 2.45) is 5.92 Å². The van der Waals surface area contributed by atoms with Crippen molar-refractivity contribution in [2.75, 3.05) is 30.3 Å². The van der Waals surface area contributed by atoms with E-state index in [0.29, 0.717) is 30.2 Å². The molecule has 1 aromatic heterocycles. The third-order valence-corrected chi connectivity index (χ3v) is 2.78. The zero-order chi connectivity index (χ0) is 15.1. The van der Waals surface area contributed by atoms with Crippen LogP contribution in [0.15, 0.2) is 12.3 Å². The molecule has 6 nitrogen and oxygen atoms in total. The summed E-state index contributed by atoms with van der Waals surface area (Å²) in [6.07, 6.45) is 1.50. The molecule has 0 aromatic carbocycles. The Labute approximate surface area is 119 Å². The number of aromatic nitrogens is 1. The zero-order valence-electron chi connectivity index (χ0n) is 12.1. The first-order valence-electron chi connectivity index (χ1n) is 6.60. The molecule has 20 heavy (non-hydrogen) atoms. The molecule has 6 heteroatoms. The van der Waals surface area contributed by atoms with Crippen LogP contribution >= 0.6 is 0 Å². The standard InChI is InChI=1S/C14H20N4O2/c1-4-18(9-10(3)7-15)13-12(14(19)20-5-2)6-11(16)8-17-13/h6,8,10H,4-5,9,16H2,1-3H3. The number of esters is 1. The molecule has 0 aliphatic carbocycles. The van der Waals surface area contributed by atoms with E-state index in [1.165, 1.54) is 6.20 Å². The second-order valence-corrected chi connectivity index (χ2v) is 4.43. The Hall–Kier alpha value is -2.29. The van der Waals surface area contributed by atoms with Crippen LogP contribution in [0.1, 0.15) is 31.1 Å². The van der Waals surface area contributed by atoms with Gasteiger partial charge in [0, 0.05) is 13.1 Å². The number of hydrogen-bond donors (Lipinski definition) is 1. The first-order valence-corrected chi connectivity index (χ1v) is 6.60. The van der Waals surface area contributed by atoms with Crippen LogP contribution in [0.25, 0.3) is 0 Å². The van der Waals surface area contributed by atoms with Crippen molar-refractivity contribution >= 4 is 17.5 Å². The maximum atomic E-state index is 12.0. The smallest absolute Gasteiger partial charge is 0.341 e. The van der Waals surface area contributed by atoms with Gasteiger partial charge in [-0.05, 0) is 26.8 Å². The highest BCUT2D eigenvalue weighted by molar-refractivity contribution is 5.95. The number of nitrogen functional groups attached to an aromatic ring is 1. The van der Waals surface area contributed by atoms with E-state index in [4.69, 9.17) is 15.7 Å². The SMILES string of the molecule is CCOC(=O)c1cc(N)cnc1N(CC)CC(C)C#N. The molecule has 1 heterocycles. The lowest BCUT2D eigenvalue weighted by molar-refractivity contribution is 0.0526. The van der Waals surface area contributed by atoms with Crippen molar-refractivity contribution in [1.82, 2.24) is 4.98 Å². The molecule has 2 N–H and O–H groups in total. The summed E-state index contributed by atoms with van der Waals surface area (Å²) in [5.74, 6) is -0.114. The minimum absolute atomic E-state index is 0.163. The summed E-state index contributed by atoms with van der Waals surface area (Å²) in [6, 6.07) is 3.73. The Morgan fingerprint density at radius 3 is 2.85 bits per heavy atom. The van der Waals surface area contributed by atoms with E-state index in [1.807, 2.05) is 18.7 Å². The number of carbonyl (C=O) groups is 1. The van der Waals surface area contributed by atoms with Crippen molar-refractivity contribution in [2.45, 2.75) is 20.8 Å². The van der Waals surface area contributed by atoms with Gasteiger partial charge in [0.05, 0.1) is 30.5 Å². The van der Waals surface area contributed by atoms with E-state index in [1.54, 1.807) is 13.0 Å². The number of hydrogen-bond acceptors (Lipinski definition) is 6. The molecule has 1 atom stereocenters. The zero-order valence-corrected chi connectivity index (χ0v) is 12.1. The second-order valence-electron chi connectivity index (χ2n) is 4.43. The van der Waals surface area contributed by atoms with Crippen LogP contribution in [0.3, 0.4) is 0 Å². The second kappa shape index (κ2) is 7.34. The molecule has 108 valence electrons. The fourth-order valence-corrected chi connectivity index (χ4v) is 1.82. The van der Waals surface area contributed by atoms with E-state index < -0.39 is 5.97 Å². The van der Waals surface area contributed by atoms with Crippen molar-refractivity contribution in [3.63, 3.8) is 0 Å². The lowest BCUT2D eigenvalue weighted by atomic mass is 10.1. The summed E-state index contributed by atoms with van der Waals surface area (Å²) in [7, 11) is 0. The molecular weight excluding hydrogens is 256 g/mol. The molecule has 0 saturated carbocycles. The number of pyridine rings is 1. The van der Waals surface area contributed by atoms with Crippen molar-refractivity contribution in [1.29, 1.82) is 5.26 Å². The van der Waals surface area contributed by atoms with Crippen LogP contribution in [-0.4, -0.2) is 30.6 Å². The molecule has 0 aliphatic rings. The lowest BCUT2D eigenvalue weighted by Crippen LogP contribution is -2.30. The highest BCUT2D eigenvalue weighted by atomic mass is 16.5. The number of carbonyl (C=O) groups excluding carboxylic acids is 1. The minimum Gasteiger partial charge on any atom is -0.462 e. The van der Waals surface area contributed by atoms with Gasteiger partial charge < -0.3 is 15.4 Å². The molecule has 0 amide bonds. The molecule has 0 spiro atoms. The average Bonchev–Trinajstić information content (AvgIpc) is 2.45. The first-order chi connectivity index (χ1) is 9.53. The van der Waals surface area contributed by atoms with Crippen LogP contribution < -0.4 is 10.6 Å². The minimum atomic E-state index is -0.453. The largest absolute Gasteiger partial charge is 0.462 e. The van der Waals surface area contributed by atoms with Crippen molar-refractivity contribution in [3.8, 4) is 6.07 Å². The van der Waals surface area contributed by atoms with Crippen LogP contribution in [-0.2, 0) is 4.74 Å². The van der Waals surface area contributed by atoms with Gasteiger partial charge in [0.2, 0.25) is 0 Å². The summed E-state index contributed by atoms with van der Waals surface area (Å²) in [4.78, 5) is 18.1. The normalized spacial score (nSPS) is 11.5. The molecule has 0 bridgehead atoms. The lowest BCUT2D eigenvalue weighted by Gasteiger charge is -2.25. The van der Waals surface area contributed by atoms with Gasteiger partial charge in [0.25, 0.3) is 0 Å². The maximum Gasteiger partial charge on any atom is 0.341 e. The topological polar surface area (TPSA) is 92.2 Å². The van der Waals surface area contributed by atoms with Crippen molar-refractivity contribution in [3.05, 3.63) is 17.8 Å². The maximum absolute atomic E-state index is 12.0. The summed E-state index contributed by atoms with van der Waals surface area (Å²) >= 11 is 0. The van der Waals surface area contributed by atoms with E-state index in [9.17, 15) is 4.79 Å². The molecule has 0 aliphatic heterocycles. The average molecular weight is 276 g/mol. The first kappa shape index (κ1) is 15.8. The van der Waals surface area contributed by atoms with Gasteiger partial charge >= 0.3 is 5.97 Å². The molecule has 1 aromatic rings. The van der Waals surface area contributed by atoms with Crippen LogP contribution in [0.5, 0.6) is 0 Å². The molecule has 0 saturated heterocycles. The van der Waals surface area contributed by atoms with Gasteiger partial charge in [-0.2, -0.15) is 5.26 Å². The molecule has 0 radical (unpaired) electrons. The van der Waals surface area contributed by atoms with Gasteiger partial charge in [0.15, 0.2) is 0 Å². The van der Waals surface area contributed by atoms with Crippen LogP contribution in [0.4, 0.5) is 11.5 Å². The van der Waals surface area contributed by atoms with Gasteiger partial charge in [-0.15, -0.1) is 0 Å².